The molecule has 1 unspecified atom stereocenters. The first-order valence-corrected chi connectivity index (χ1v) is 8.49. The molecule has 0 aromatic heterocycles. The Morgan fingerprint density at radius 2 is 1.93 bits per heavy atom. The van der Waals surface area contributed by atoms with E-state index in [0.29, 0.717) is 23.4 Å². The van der Waals surface area contributed by atoms with Gasteiger partial charge in [0.2, 0.25) is 0 Å². The van der Waals surface area contributed by atoms with Gasteiger partial charge in [-0.05, 0) is 54.3 Å². The molecule has 1 aliphatic rings. The predicted octanol–water partition coefficient (Wildman–Crippen LogP) is 4.30. The van der Waals surface area contributed by atoms with Crippen LogP contribution >= 0.6 is 0 Å². The van der Waals surface area contributed by atoms with Crippen molar-refractivity contribution in [1.82, 2.24) is 0 Å². The van der Waals surface area contributed by atoms with Gasteiger partial charge in [-0.2, -0.15) is 8.78 Å². The van der Waals surface area contributed by atoms with E-state index >= 15 is 0 Å². The SMILES string of the molecule is Cc1ccc(OCC(=O)Nc2ccc(OC(F)F)cc2)c2c1C(C)CC2=O. The molecule has 27 heavy (non-hydrogen) atoms. The monoisotopic (exact) mass is 375 g/mol. The van der Waals surface area contributed by atoms with E-state index in [4.69, 9.17) is 4.74 Å². The summed E-state index contributed by atoms with van der Waals surface area (Å²) in [6, 6.07) is 9.14. The molecule has 5 nitrogen and oxygen atoms in total. The summed E-state index contributed by atoms with van der Waals surface area (Å²) in [5.41, 5.74) is 2.99. The fourth-order valence-corrected chi connectivity index (χ4v) is 3.29. The average Bonchev–Trinajstić information content (AvgIpc) is 2.91. The summed E-state index contributed by atoms with van der Waals surface area (Å²) in [6.45, 7) is 0.771. The Kier molecular flexibility index (Phi) is 5.39. The van der Waals surface area contributed by atoms with Crippen molar-refractivity contribution in [3.05, 3.63) is 53.1 Å². The fraction of sp³-hybridized carbons (Fsp3) is 0.300. The van der Waals surface area contributed by atoms with Gasteiger partial charge in [-0.1, -0.05) is 13.0 Å². The molecule has 2 aromatic rings. The molecule has 0 spiro atoms. The van der Waals surface area contributed by atoms with Crippen molar-refractivity contribution in [2.45, 2.75) is 32.8 Å². The van der Waals surface area contributed by atoms with Gasteiger partial charge >= 0.3 is 6.61 Å². The van der Waals surface area contributed by atoms with Gasteiger partial charge in [0.1, 0.15) is 11.5 Å². The fourth-order valence-electron chi connectivity index (χ4n) is 3.29. The molecular weight excluding hydrogens is 356 g/mol. The Hall–Kier alpha value is -2.96. The Bertz CT molecular complexity index is 865. The number of anilines is 1. The lowest BCUT2D eigenvalue weighted by atomic mass is 9.97. The van der Waals surface area contributed by atoms with E-state index in [1.54, 1.807) is 6.07 Å². The van der Waals surface area contributed by atoms with Crippen molar-refractivity contribution in [3.63, 3.8) is 0 Å². The summed E-state index contributed by atoms with van der Waals surface area (Å²) in [4.78, 5) is 24.3. The van der Waals surface area contributed by atoms with Crippen molar-refractivity contribution in [3.8, 4) is 11.5 Å². The van der Waals surface area contributed by atoms with Crippen LogP contribution in [0.4, 0.5) is 14.5 Å². The number of amides is 1. The van der Waals surface area contributed by atoms with Crippen molar-refractivity contribution >= 4 is 17.4 Å². The molecule has 142 valence electrons. The molecule has 0 bridgehead atoms. The minimum atomic E-state index is -2.90. The number of ether oxygens (including phenoxy) is 2. The number of fused-ring (bicyclic) bond motifs is 1. The van der Waals surface area contributed by atoms with E-state index < -0.39 is 12.5 Å². The van der Waals surface area contributed by atoms with Gasteiger partial charge in [0.25, 0.3) is 5.91 Å². The van der Waals surface area contributed by atoms with Crippen molar-refractivity contribution in [2.75, 3.05) is 11.9 Å². The number of hydrogen-bond donors (Lipinski definition) is 1. The third-order valence-electron chi connectivity index (χ3n) is 4.41. The molecule has 0 heterocycles. The van der Waals surface area contributed by atoms with Crippen LogP contribution in [0.2, 0.25) is 0 Å². The Morgan fingerprint density at radius 1 is 1.22 bits per heavy atom. The topological polar surface area (TPSA) is 64.6 Å². The Labute approximate surface area is 155 Å². The molecule has 0 aliphatic heterocycles. The van der Waals surface area contributed by atoms with Gasteiger partial charge in [0, 0.05) is 12.1 Å². The molecule has 1 aliphatic carbocycles. The number of carbonyl (C=O) groups excluding carboxylic acids is 2. The summed E-state index contributed by atoms with van der Waals surface area (Å²) in [5, 5.41) is 2.60. The predicted molar refractivity (Wildman–Crippen MR) is 95.7 cm³/mol. The highest BCUT2D eigenvalue weighted by atomic mass is 19.3. The zero-order valence-electron chi connectivity index (χ0n) is 14.9. The normalized spacial score (nSPS) is 15.6. The lowest BCUT2D eigenvalue weighted by Crippen LogP contribution is -2.20. The van der Waals surface area contributed by atoms with Gasteiger partial charge < -0.3 is 14.8 Å². The first-order valence-electron chi connectivity index (χ1n) is 8.49. The number of halogens is 2. The molecule has 1 N–H and O–H groups in total. The molecule has 7 heteroatoms. The number of benzene rings is 2. The summed E-state index contributed by atoms with van der Waals surface area (Å²) in [6.07, 6.45) is 0.440. The molecule has 0 saturated heterocycles. The summed E-state index contributed by atoms with van der Waals surface area (Å²) >= 11 is 0. The van der Waals surface area contributed by atoms with Crippen molar-refractivity contribution in [2.24, 2.45) is 0 Å². The highest BCUT2D eigenvalue weighted by Crippen LogP contribution is 2.40. The number of ketones is 1. The second-order valence-electron chi connectivity index (χ2n) is 6.44. The minimum Gasteiger partial charge on any atom is -0.483 e. The van der Waals surface area contributed by atoms with Gasteiger partial charge in [-0.3, -0.25) is 9.59 Å². The third kappa shape index (κ3) is 4.24. The molecule has 1 amide bonds. The number of nitrogens with one attached hydrogen (secondary N) is 1. The Morgan fingerprint density at radius 3 is 2.59 bits per heavy atom. The second kappa shape index (κ2) is 7.73. The summed E-state index contributed by atoms with van der Waals surface area (Å²) in [7, 11) is 0. The molecule has 2 aromatic carbocycles. The Balaban J connectivity index is 1.63. The molecular formula is C20H19F2NO4. The number of hydrogen-bond acceptors (Lipinski definition) is 4. The largest absolute Gasteiger partial charge is 0.483 e. The molecule has 3 rings (SSSR count). The lowest BCUT2D eigenvalue weighted by molar-refractivity contribution is -0.118. The van der Waals surface area contributed by atoms with Crippen LogP contribution in [0.3, 0.4) is 0 Å². The van der Waals surface area contributed by atoms with Gasteiger partial charge in [0.15, 0.2) is 12.4 Å². The van der Waals surface area contributed by atoms with Crippen LogP contribution in [0.25, 0.3) is 0 Å². The van der Waals surface area contributed by atoms with Crippen molar-refractivity contribution < 1.29 is 27.8 Å². The summed E-state index contributed by atoms with van der Waals surface area (Å²) < 4.78 is 34.1. The van der Waals surface area contributed by atoms with E-state index in [1.165, 1.54) is 24.3 Å². The van der Waals surface area contributed by atoms with E-state index in [1.807, 2.05) is 19.9 Å². The maximum Gasteiger partial charge on any atom is 0.387 e. The van der Waals surface area contributed by atoms with Gasteiger partial charge in [0.05, 0.1) is 5.56 Å². The van der Waals surface area contributed by atoms with Crippen LogP contribution in [0.15, 0.2) is 36.4 Å². The smallest absolute Gasteiger partial charge is 0.387 e. The first kappa shape index (κ1) is 18.8. The minimum absolute atomic E-state index is 0.00194. The number of carbonyl (C=O) groups is 2. The zero-order chi connectivity index (χ0) is 19.6. The van der Waals surface area contributed by atoms with Crippen LogP contribution in [-0.2, 0) is 4.79 Å². The maximum absolute atomic E-state index is 12.2. The summed E-state index contributed by atoms with van der Waals surface area (Å²) in [5.74, 6) is 0.137. The molecule has 1 atom stereocenters. The van der Waals surface area contributed by atoms with E-state index in [2.05, 4.69) is 10.1 Å². The number of Topliss-reactive ketones (excluding diaryl/α,β-unsaturated/α-hetero) is 1. The maximum atomic E-state index is 12.2. The van der Waals surface area contributed by atoms with Crippen LogP contribution in [0.1, 0.15) is 40.7 Å². The number of alkyl halides is 2. The van der Waals surface area contributed by atoms with Gasteiger partial charge in [-0.25, -0.2) is 0 Å². The van der Waals surface area contributed by atoms with Gasteiger partial charge in [-0.15, -0.1) is 0 Å². The highest BCUT2D eigenvalue weighted by Gasteiger charge is 2.31. The third-order valence-corrected chi connectivity index (χ3v) is 4.41. The molecule has 0 saturated carbocycles. The standard InChI is InChI=1S/C20H19F2NO4/c1-11-3-8-16(19-15(24)9-12(2)18(11)19)26-10-17(25)23-13-4-6-14(7-5-13)27-20(21)22/h3-8,12,20H,9-10H2,1-2H3,(H,23,25). The first-order chi connectivity index (χ1) is 12.8. The highest BCUT2D eigenvalue weighted by molar-refractivity contribution is 6.04. The van der Waals surface area contributed by atoms with E-state index in [-0.39, 0.29) is 24.1 Å². The van der Waals surface area contributed by atoms with Crippen LogP contribution in [0.5, 0.6) is 11.5 Å². The molecule has 0 fully saturated rings. The van der Waals surface area contributed by atoms with Crippen molar-refractivity contribution in [1.29, 1.82) is 0 Å². The van der Waals surface area contributed by atoms with Crippen LogP contribution in [-0.4, -0.2) is 24.9 Å². The van der Waals surface area contributed by atoms with Crippen LogP contribution < -0.4 is 14.8 Å². The quantitative estimate of drug-likeness (QED) is 0.817. The lowest BCUT2D eigenvalue weighted by Gasteiger charge is -2.13. The van der Waals surface area contributed by atoms with E-state index in [0.717, 1.165) is 11.1 Å². The second-order valence-corrected chi connectivity index (χ2v) is 6.44. The van der Waals surface area contributed by atoms with Crippen LogP contribution in [0, 0.1) is 6.92 Å². The zero-order valence-corrected chi connectivity index (χ0v) is 14.9. The molecule has 0 radical (unpaired) electrons. The number of aryl methyl sites for hydroxylation is 1. The van der Waals surface area contributed by atoms with E-state index in [9.17, 15) is 18.4 Å². The average molecular weight is 375 g/mol. The number of rotatable bonds is 6.